The van der Waals surface area contributed by atoms with Gasteiger partial charge in [0, 0.05) is 44.0 Å². The smallest absolute Gasteiger partial charge is 0.119 e. The van der Waals surface area contributed by atoms with Gasteiger partial charge in [0.1, 0.15) is 12.4 Å². The van der Waals surface area contributed by atoms with E-state index in [1.807, 2.05) is 24.3 Å². The molecule has 0 bridgehead atoms. The number of benzene rings is 2. The van der Waals surface area contributed by atoms with Crippen LogP contribution >= 0.6 is 11.6 Å². The van der Waals surface area contributed by atoms with Crippen molar-refractivity contribution in [3.8, 4) is 5.75 Å². The first-order valence-electron chi connectivity index (χ1n) is 9.16. The summed E-state index contributed by atoms with van der Waals surface area (Å²) < 4.78 is 10.7. The Balaban J connectivity index is 1.41. The molecule has 2 aromatic carbocycles. The summed E-state index contributed by atoms with van der Waals surface area (Å²) in [6.07, 6.45) is 1.22. The number of ether oxygens (including phenoxy) is 2. The highest BCUT2D eigenvalue weighted by molar-refractivity contribution is 6.30. The summed E-state index contributed by atoms with van der Waals surface area (Å²) in [4.78, 5) is 2.44. The summed E-state index contributed by atoms with van der Waals surface area (Å²) in [5.41, 5.74) is 2.50. The Bertz CT molecular complexity index is 678. The van der Waals surface area contributed by atoms with Crippen LogP contribution in [-0.4, -0.2) is 40.0 Å². The van der Waals surface area contributed by atoms with Gasteiger partial charge in [0.25, 0.3) is 0 Å². The lowest BCUT2D eigenvalue weighted by Gasteiger charge is -2.19. The highest BCUT2D eigenvalue weighted by atomic mass is 35.5. The third kappa shape index (κ3) is 5.63. The van der Waals surface area contributed by atoms with E-state index in [2.05, 4.69) is 34.5 Å². The molecule has 1 heterocycles. The zero-order chi connectivity index (χ0) is 18.2. The van der Waals surface area contributed by atoms with Crippen molar-refractivity contribution in [2.24, 2.45) is 5.92 Å². The molecule has 2 aromatic rings. The summed E-state index contributed by atoms with van der Waals surface area (Å²) in [5.74, 6) is 1.57. The molecule has 5 heteroatoms. The molecule has 1 N–H and O–H groups in total. The van der Waals surface area contributed by atoms with Gasteiger partial charge < -0.3 is 19.7 Å². The molecule has 140 valence electrons. The SMILES string of the molecule is COCCOc1cccc(CNCC2CCN(c3ccc(Cl)cc3)C2)c1. The Hall–Kier alpha value is -1.75. The highest BCUT2D eigenvalue weighted by Gasteiger charge is 2.22. The highest BCUT2D eigenvalue weighted by Crippen LogP contribution is 2.25. The van der Waals surface area contributed by atoms with Crippen LogP contribution in [0.1, 0.15) is 12.0 Å². The van der Waals surface area contributed by atoms with Crippen molar-refractivity contribution in [2.75, 3.05) is 44.9 Å². The van der Waals surface area contributed by atoms with E-state index in [1.54, 1.807) is 7.11 Å². The predicted molar refractivity (Wildman–Crippen MR) is 107 cm³/mol. The van der Waals surface area contributed by atoms with Gasteiger partial charge in [0.15, 0.2) is 0 Å². The summed E-state index contributed by atoms with van der Waals surface area (Å²) in [6, 6.07) is 16.4. The summed E-state index contributed by atoms with van der Waals surface area (Å²) in [6.45, 7) is 5.27. The zero-order valence-electron chi connectivity index (χ0n) is 15.3. The first-order chi connectivity index (χ1) is 12.7. The second-order valence-corrected chi connectivity index (χ2v) is 7.13. The molecule has 1 saturated heterocycles. The van der Waals surface area contributed by atoms with Crippen LogP contribution in [0.2, 0.25) is 5.02 Å². The largest absolute Gasteiger partial charge is 0.491 e. The average molecular weight is 375 g/mol. The molecule has 0 aromatic heterocycles. The normalized spacial score (nSPS) is 16.8. The molecule has 1 fully saturated rings. The molecule has 0 spiro atoms. The second-order valence-electron chi connectivity index (χ2n) is 6.70. The van der Waals surface area contributed by atoms with Gasteiger partial charge in [0.05, 0.1) is 6.61 Å². The van der Waals surface area contributed by atoms with Crippen LogP contribution in [0.5, 0.6) is 5.75 Å². The van der Waals surface area contributed by atoms with E-state index < -0.39 is 0 Å². The van der Waals surface area contributed by atoms with Gasteiger partial charge >= 0.3 is 0 Å². The number of halogens is 1. The van der Waals surface area contributed by atoms with Crippen LogP contribution in [0.3, 0.4) is 0 Å². The molecule has 1 atom stereocenters. The lowest BCUT2D eigenvalue weighted by Crippen LogP contribution is -2.26. The van der Waals surface area contributed by atoms with Gasteiger partial charge in [-0.15, -0.1) is 0 Å². The zero-order valence-corrected chi connectivity index (χ0v) is 16.0. The minimum absolute atomic E-state index is 0.579. The Labute approximate surface area is 161 Å². The molecule has 1 aliphatic heterocycles. The average Bonchev–Trinajstić information content (AvgIpc) is 3.12. The van der Waals surface area contributed by atoms with E-state index in [0.717, 1.165) is 37.0 Å². The fraction of sp³-hybridized carbons (Fsp3) is 0.429. The fourth-order valence-electron chi connectivity index (χ4n) is 3.29. The number of rotatable bonds is 9. The summed E-state index contributed by atoms with van der Waals surface area (Å²) in [5, 5.41) is 4.38. The Morgan fingerprint density at radius 2 is 2.00 bits per heavy atom. The van der Waals surface area contributed by atoms with E-state index in [0.29, 0.717) is 19.1 Å². The van der Waals surface area contributed by atoms with Crippen molar-refractivity contribution in [1.29, 1.82) is 0 Å². The number of nitrogens with one attached hydrogen (secondary N) is 1. The van der Waals surface area contributed by atoms with Crippen molar-refractivity contribution in [3.05, 3.63) is 59.1 Å². The molecule has 26 heavy (non-hydrogen) atoms. The van der Waals surface area contributed by atoms with Gasteiger partial charge in [-0.05, 0) is 54.3 Å². The first-order valence-corrected chi connectivity index (χ1v) is 9.54. The third-order valence-electron chi connectivity index (χ3n) is 4.69. The van der Waals surface area contributed by atoms with Crippen LogP contribution < -0.4 is 15.0 Å². The van der Waals surface area contributed by atoms with Crippen molar-refractivity contribution >= 4 is 17.3 Å². The van der Waals surface area contributed by atoms with Gasteiger partial charge in [-0.25, -0.2) is 0 Å². The van der Waals surface area contributed by atoms with Crippen LogP contribution in [0.15, 0.2) is 48.5 Å². The van der Waals surface area contributed by atoms with Gasteiger partial charge in [-0.2, -0.15) is 0 Å². The Morgan fingerprint density at radius 3 is 2.81 bits per heavy atom. The minimum atomic E-state index is 0.579. The molecule has 3 rings (SSSR count). The molecular formula is C21H27ClN2O2. The minimum Gasteiger partial charge on any atom is -0.491 e. The Morgan fingerprint density at radius 1 is 1.15 bits per heavy atom. The first kappa shape index (κ1) is 19.0. The number of nitrogens with zero attached hydrogens (tertiary/aromatic N) is 1. The standard InChI is InChI=1S/C21H27ClN2O2/c1-25-11-12-26-21-4-2-3-17(13-21)14-23-15-18-9-10-24(16-18)20-7-5-19(22)6-8-20/h2-8,13,18,23H,9-12,14-16H2,1H3. The van der Waals surface area contributed by atoms with E-state index in [4.69, 9.17) is 21.1 Å². The summed E-state index contributed by atoms with van der Waals surface area (Å²) >= 11 is 5.98. The monoisotopic (exact) mass is 374 g/mol. The lowest BCUT2D eigenvalue weighted by molar-refractivity contribution is 0.146. The van der Waals surface area contributed by atoms with E-state index in [9.17, 15) is 0 Å². The summed E-state index contributed by atoms with van der Waals surface area (Å²) in [7, 11) is 1.68. The predicted octanol–water partition coefficient (Wildman–Crippen LogP) is 3.98. The van der Waals surface area contributed by atoms with Crippen LogP contribution in [0.4, 0.5) is 5.69 Å². The number of hydrogen-bond acceptors (Lipinski definition) is 4. The molecule has 0 radical (unpaired) electrons. The second kappa shape index (κ2) is 9.81. The molecule has 0 saturated carbocycles. The van der Waals surface area contributed by atoms with Crippen molar-refractivity contribution in [1.82, 2.24) is 5.32 Å². The molecule has 0 aliphatic carbocycles. The molecule has 1 unspecified atom stereocenters. The Kier molecular flexibility index (Phi) is 7.18. The maximum absolute atomic E-state index is 5.98. The maximum atomic E-state index is 5.98. The van der Waals surface area contributed by atoms with Crippen molar-refractivity contribution in [2.45, 2.75) is 13.0 Å². The number of methoxy groups -OCH3 is 1. The molecule has 4 nitrogen and oxygen atoms in total. The number of anilines is 1. The van der Waals surface area contributed by atoms with Gasteiger partial charge in [-0.1, -0.05) is 23.7 Å². The molecule has 0 amide bonds. The quantitative estimate of drug-likeness (QED) is 0.673. The van der Waals surface area contributed by atoms with Crippen molar-refractivity contribution < 1.29 is 9.47 Å². The van der Waals surface area contributed by atoms with Gasteiger partial charge in [-0.3, -0.25) is 0 Å². The lowest BCUT2D eigenvalue weighted by atomic mass is 10.1. The van der Waals surface area contributed by atoms with E-state index >= 15 is 0 Å². The molecular weight excluding hydrogens is 348 g/mol. The molecule has 1 aliphatic rings. The third-order valence-corrected chi connectivity index (χ3v) is 4.95. The van der Waals surface area contributed by atoms with Crippen molar-refractivity contribution in [3.63, 3.8) is 0 Å². The van der Waals surface area contributed by atoms with Crippen LogP contribution in [-0.2, 0) is 11.3 Å². The topological polar surface area (TPSA) is 33.7 Å². The van der Waals surface area contributed by atoms with E-state index in [1.165, 1.54) is 17.7 Å². The van der Waals surface area contributed by atoms with Gasteiger partial charge in [0.2, 0.25) is 0 Å². The van der Waals surface area contributed by atoms with E-state index in [-0.39, 0.29) is 0 Å². The number of hydrogen-bond donors (Lipinski definition) is 1. The van der Waals surface area contributed by atoms with Crippen LogP contribution in [0, 0.1) is 5.92 Å². The van der Waals surface area contributed by atoms with Crippen LogP contribution in [0.25, 0.3) is 0 Å². The fourth-order valence-corrected chi connectivity index (χ4v) is 3.42. The maximum Gasteiger partial charge on any atom is 0.119 e.